The van der Waals surface area contributed by atoms with Crippen molar-refractivity contribution < 1.29 is 8.42 Å². The maximum Gasteiger partial charge on any atom is 0.214 e. The van der Waals surface area contributed by atoms with Crippen molar-refractivity contribution in [1.29, 1.82) is 0 Å². The van der Waals surface area contributed by atoms with E-state index < -0.39 is 10.0 Å². The van der Waals surface area contributed by atoms with Crippen molar-refractivity contribution in [2.45, 2.75) is 46.5 Å². The Morgan fingerprint density at radius 2 is 1.89 bits per heavy atom. The van der Waals surface area contributed by atoms with Crippen LogP contribution in [0.3, 0.4) is 0 Å². The molecule has 0 bridgehead atoms. The third kappa shape index (κ3) is 6.23. The van der Waals surface area contributed by atoms with Crippen molar-refractivity contribution in [2.75, 3.05) is 31.9 Å². The van der Waals surface area contributed by atoms with E-state index in [2.05, 4.69) is 19.2 Å². The van der Waals surface area contributed by atoms with Gasteiger partial charge in [0.25, 0.3) is 0 Å². The molecule has 0 unspecified atom stereocenters. The molecule has 0 aliphatic carbocycles. The normalized spacial score (nSPS) is 19.2. The average molecular weight is 290 g/mol. The van der Waals surface area contributed by atoms with Crippen molar-refractivity contribution in [3.63, 3.8) is 0 Å². The molecule has 0 radical (unpaired) electrons. The lowest BCUT2D eigenvalue weighted by Gasteiger charge is -2.31. The van der Waals surface area contributed by atoms with E-state index >= 15 is 0 Å². The molecule has 4 nitrogen and oxygen atoms in total. The van der Waals surface area contributed by atoms with Crippen molar-refractivity contribution in [3.8, 4) is 0 Å². The number of nitrogens with one attached hydrogen (secondary N) is 1. The summed E-state index contributed by atoms with van der Waals surface area (Å²) in [5.41, 5.74) is 0. The number of sulfonamides is 1. The molecule has 1 rings (SSSR count). The van der Waals surface area contributed by atoms with Crippen LogP contribution in [0.5, 0.6) is 0 Å². The van der Waals surface area contributed by atoms with Crippen molar-refractivity contribution in [1.82, 2.24) is 9.62 Å². The summed E-state index contributed by atoms with van der Waals surface area (Å²) in [5, 5.41) is 3.47. The van der Waals surface area contributed by atoms with Gasteiger partial charge in [0.1, 0.15) is 0 Å². The minimum Gasteiger partial charge on any atom is -0.316 e. The van der Waals surface area contributed by atoms with E-state index in [0.29, 0.717) is 30.7 Å². The highest BCUT2D eigenvalue weighted by Crippen LogP contribution is 2.19. The van der Waals surface area contributed by atoms with Gasteiger partial charge in [-0.25, -0.2) is 12.7 Å². The van der Waals surface area contributed by atoms with Crippen LogP contribution in [0.1, 0.15) is 46.5 Å². The van der Waals surface area contributed by atoms with Gasteiger partial charge in [-0.15, -0.1) is 0 Å². The molecule has 1 aliphatic heterocycles. The first-order valence-corrected chi connectivity index (χ1v) is 9.25. The standard InChI is InChI=1S/C14H30N2O2S/c1-4-5-10-19(17,18)16-8-6-14(7-9-16)12-15-11-13(2)3/h13-15H,4-12H2,1-3H3. The van der Waals surface area contributed by atoms with Crippen molar-refractivity contribution in [2.24, 2.45) is 11.8 Å². The van der Waals surface area contributed by atoms with E-state index in [1.54, 1.807) is 4.31 Å². The van der Waals surface area contributed by atoms with Crippen LogP contribution >= 0.6 is 0 Å². The highest BCUT2D eigenvalue weighted by Gasteiger charge is 2.27. The summed E-state index contributed by atoms with van der Waals surface area (Å²) in [6.07, 6.45) is 3.71. The molecule has 19 heavy (non-hydrogen) atoms. The summed E-state index contributed by atoms with van der Waals surface area (Å²) in [6, 6.07) is 0. The van der Waals surface area contributed by atoms with Gasteiger partial charge in [0.05, 0.1) is 5.75 Å². The Balaban J connectivity index is 2.28. The zero-order chi connectivity index (χ0) is 14.3. The Morgan fingerprint density at radius 1 is 1.26 bits per heavy atom. The zero-order valence-corrected chi connectivity index (χ0v) is 13.5. The molecule has 0 aromatic carbocycles. The number of hydrogen-bond donors (Lipinski definition) is 1. The zero-order valence-electron chi connectivity index (χ0n) is 12.7. The maximum absolute atomic E-state index is 12.1. The molecule has 0 atom stereocenters. The molecule has 1 heterocycles. The molecule has 0 aromatic rings. The Hall–Kier alpha value is -0.130. The first-order chi connectivity index (χ1) is 8.95. The van der Waals surface area contributed by atoms with Crippen LogP contribution in [0.2, 0.25) is 0 Å². The van der Waals surface area contributed by atoms with Gasteiger partial charge < -0.3 is 5.32 Å². The van der Waals surface area contributed by atoms with Gasteiger partial charge in [0.15, 0.2) is 0 Å². The lowest BCUT2D eigenvalue weighted by atomic mass is 9.98. The average Bonchev–Trinajstić information content (AvgIpc) is 2.37. The van der Waals surface area contributed by atoms with E-state index in [0.717, 1.165) is 38.8 Å². The number of unbranched alkanes of at least 4 members (excludes halogenated alkanes) is 1. The highest BCUT2D eigenvalue weighted by atomic mass is 32.2. The molecule has 1 aliphatic rings. The van der Waals surface area contributed by atoms with Gasteiger partial charge in [0.2, 0.25) is 10.0 Å². The van der Waals surface area contributed by atoms with Gasteiger partial charge >= 0.3 is 0 Å². The topological polar surface area (TPSA) is 49.4 Å². The van der Waals surface area contributed by atoms with Crippen LogP contribution in [-0.2, 0) is 10.0 Å². The Kier molecular flexibility index (Phi) is 7.32. The third-order valence-electron chi connectivity index (χ3n) is 3.71. The molecule has 1 saturated heterocycles. The van der Waals surface area contributed by atoms with Gasteiger partial charge in [-0.2, -0.15) is 0 Å². The number of rotatable bonds is 8. The predicted octanol–water partition coefficient (Wildman–Crippen LogP) is 2.07. The molecule has 1 N–H and O–H groups in total. The molecular weight excluding hydrogens is 260 g/mol. The summed E-state index contributed by atoms with van der Waals surface area (Å²) in [6.45, 7) is 9.93. The van der Waals surface area contributed by atoms with Crippen LogP contribution in [0.25, 0.3) is 0 Å². The van der Waals surface area contributed by atoms with Crippen LogP contribution in [0.4, 0.5) is 0 Å². The predicted molar refractivity (Wildman–Crippen MR) is 80.7 cm³/mol. The Morgan fingerprint density at radius 3 is 2.42 bits per heavy atom. The molecule has 0 saturated carbocycles. The fraction of sp³-hybridized carbons (Fsp3) is 1.00. The molecule has 0 aromatic heterocycles. The van der Waals surface area contributed by atoms with Crippen LogP contribution in [0.15, 0.2) is 0 Å². The summed E-state index contributed by atoms with van der Waals surface area (Å²) >= 11 is 0. The summed E-state index contributed by atoms with van der Waals surface area (Å²) in [4.78, 5) is 0. The molecular formula is C14H30N2O2S. The summed E-state index contributed by atoms with van der Waals surface area (Å²) < 4.78 is 25.8. The molecule has 0 amide bonds. The van der Waals surface area contributed by atoms with Crippen molar-refractivity contribution in [3.05, 3.63) is 0 Å². The minimum absolute atomic E-state index is 0.319. The largest absolute Gasteiger partial charge is 0.316 e. The fourth-order valence-corrected chi connectivity index (χ4v) is 4.10. The molecule has 114 valence electrons. The maximum atomic E-state index is 12.1. The summed E-state index contributed by atoms with van der Waals surface area (Å²) in [5.74, 6) is 1.63. The number of hydrogen-bond acceptors (Lipinski definition) is 3. The molecule has 0 spiro atoms. The first kappa shape index (κ1) is 16.9. The second-order valence-electron chi connectivity index (χ2n) is 6.06. The first-order valence-electron chi connectivity index (χ1n) is 7.64. The van der Waals surface area contributed by atoms with Crippen molar-refractivity contribution >= 4 is 10.0 Å². The second-order valence-corrected chi connectivity index (χ2v) is 8.15. The second kappa shape index (κ2) is 8.22. The smallest absolute Gasteiger partial charge is 0.214 e. The van der Waals surface area contributed by atoms with Gasteiger partial charge in [-0.05, 0) is 44.2 Å². The van der Waals surface area contributed by atoms with Gasteiger partial charge in [-0.3, -0.25) is 0 Å². The number of piperidine rings is 1. The van der Waals surface area contributed by atoms with E-state index in [1.807, 2.05) is 6.92 Å². The van der Waals surface area contributed by atoms with E-state index in [4.69, 9.17) is 0 Å². The number of nitrogens with zero attached hydrogens (tertiary/aromatic N) is 1. The van der Waals surface area contributed by atoms with E-state index in [1.165, 1.54) is 0 Å². The lowest BCUT2D eigenvalue weighted by molar-refractivity contribution is 0.265. The van der Waals surface area contributed by atoms with Crippen LogP contribution in [-0.4, -0.2) is 44.7 Å². The van der Waals surface area contributed by atoms with E-state index in [-0.39, 0.29) is 0 Å². The van der Waals surface area contributed by atoms with Crippen LogP contribution < -0.4 is 5.32 Å². The SMILES string of the molecule is CCCCS(=O)(=O)N1CCC(CNCC(C)C)CC1. The van der Waals surface area contributed by atoms with E-state index in [9.17, 15) is 8.42 Å². The monoisotopic (exact) mass is 290 g/mol. The van der Waals surface area contributed by atoms with Gasteiger partial charge in [-0.1, -0.05) is 27.2 Å². The highest BCUT2D eigenvalue weighted by molar-refractivity contribution is 7.89. The third-order valence-corrected chi connectivity index (χ3v) is 5.66. The minimum atomic E-state index is -2.99. The summed E-state index contributed by atoms with van der Waals surface area (Å²) in [7, 11) is -2.99. The lowest BCUT2D eigenvalue weighted by Crippen LogP contribution is -2.42. The van der Waals surface area contributed by atoms with Gasteiger partial charge in [0, 0.05) is 13.1 Å². The fourth-order valence-electron chi connectivity index (χ4n) is 2.42. The Bertz CT molecular complexity index is 333. The molecule has 5 heteroatoms. The molecule has 1 fully saturated rings. The van der Waals surface area contributed by atoms with Crippen LogP contribution in [0, 0.1) is 11.8 Å². The Labute approximate surface area is 119 Å². The quantitative estimate of drug-likeness (QED) is 0.744.